The highest BCUT2D eigenvalue weighted by Gasteiger charge is 2.18. The Bertz CT molecular complexity index is 566. The Hall–Kier alpha value is -0.870. The first-order valence-electron chi connectivity index (χ1n) is 6.02. The Labute approximate surface area is 125 Å². The van der Waals surface area contributed by atoms with Gasteiger partial charge in [-0.1, -0.05) is 39.7 Å². The first kappa shape index (κ1) is 14.5. The first-order chi connectivity index (χ1) is 9.02. The molecule has 0 fully saturated rings. The molecule has 2 nitrogen and oxygen atoms in total. The van der Waals surface area contributed by atoms with Crippen molar-refractivity contribution in [3.8, 4) is 0 Å². The van der Waals surface area contributed by atoms with Crippen molar-refractivity contribution < 1.29 is 4.39 Å². The molecule has 1 unspecified atom stereocenters. The standard InChI is InChI=1S/C14H15BrClFN2/c1-9-13(14(16)19(2)18-9)7-11(8-15)10-3-5-12(17)6-4-10/h3-6,11H,7-8H2,1-2H3. The maximum atomic E-state index is 13.0. The fourth-order valence-corrected chi connectivity index (χ4v) is 3.00. The SMILES string of the molecule is Cc1nn(C)c(Cl)c1CC(CBr)c1ccc(F)cc1. The van der Waals surface area contributed by atoms with E-state index < -0.39 is 0 Å². The Kier molecular flexibility index (Phi) is 4.63. The lowest BCUT2D eigenvalue weighted by Gasteiger charge is -2.14. The fourth-order valence-electron chi connectivity index (χ4n) is 2.15. The molecule has 0 saturated heterocycles. The number of nitrogens with zero attached hydrogens (tertiary/aromatic N) is 2. The van der Waals surface area contributed by atoms with E-state index in [2.05, 4.69) is 21.0 Å². The van der Waals surface area contributed by atoms with Crippen molar-refractivity contribution in [3.05, 3.63) is 52.1 Å². The maximum Gasteiger partial charge on any atom is 0.130 e. The number of aryl methyl sites for hydroxylation is 2. The van der Waals surface area contributed by atoms with E-state index in [0.29, 0.717) is 5.15 Å². The zero-order chi connectivity index (χ0) is 14.0. The Morgan fingerprint density at radius 3 is 2.47 bits per heavy atom. The highest BCUT2D eigenvalue weighted by atomic mass is 79.9. The summed E-state index contributed by atoms with van der Waals surface area (Å²) in [6.07, 6.45) is 0.787. The Morgan fingerprint density at radius 1 is 1.37 bits per heavy atom. The Balaban J connectivity index is 2.26. The number of hydrogen-bond acceptors (Lipinski definition) is 1. The van der Waals surface area contributed by atoms with Crippen LogP contribution in [0.4, 0.5) is 4.39 Å². The molecule has 102 valence electrons. The molecule has 1 atom stereocenters. The van der Waals surface area contributed by atoms with Gasteiger partial charge in [0.1, 0.15) is 11.0 Å². The molecule has 19 heavy (non-hydrogen) atoms. The molecule has 1 heterocycles. The number of halogens is 3. The lowest BCUT2D eigenvalue weighted by molar-refractivity contribution is 0.625. The highest BCUT2D eigenvalue weighted by molar-refractivity contribution is 9.09. The minimum Gasteiger partial charge on any atom is -0.257 e. The van der Waals surface area contributed by atoms with Gasteiger partial charge in [-0.3, -0.25) is 4.68 Å². The molecular formula is C14H15BrClFN2. The summed E-state index contributed by atoms with van der Waals surface area (Å²) in [7, 11) is 1.83. The fraction of sp³-hybridized carbons (Fsp3) is 0.357. The molecule has 1 aromatic carbocycles. The number of benzene rings is 1. The largest absolute Gasteiger partial charge is 0.257 e. The summed E-state index contributed by atoms with van der Waals surface area (Å²) >= 11 is 9.77. The average Bonchev–Trinajstić information content (AvgIpc) is 2.63. The topological polar surface area (TPSA) is 17.8 Å². The number of hydrogen-bond donors (Lipinski definition) is 0. The summed E-state index contributed by atoms with van der Waals surface area (Å²) in [6, 6.07) is 6.62. The second-order valence-corrected chi connectivity index (χ2v) is 5.59. The van der Waals surface area contributed by atoms with Crippen molar-refractivity contribution in [1.82, 2.24) is 9.78 Å². The van der Waals surface area contributed by atoms with E-state index in [1.165, 1.54) is 12.1 Å². The van der Waals surface area contributed by atoms with Crippen molar-refractivity contribution in [2.24, 2.45) is 7.05 Å². The van der Waals surface area contributed by atoms with Crippen molar-refractivity contribution in [1.29, 1.82) is 0 Å². The third-order valence-electron chi connectivity index (χ3n) is 3.25. The monoisotopic (exact) mass is 344 g/mol. The van der Waals surface area contributed by atoms with E-state index in [0.717, 1.165) is 28.6 Å². The smallest absolute Gasteiger partial charge is 0.130 e. The molecule has 0 bridgehead atoms. The molecule has 0 spiro atoms. The van der Waals surface area contributed by atoms with Crippen LogP contribution in [-0.2, 0) is 13.5 Å². The molecule has 2 rings (SSSR count). The third kappa shape index (κ3) is 3.18. The zero-order valence-corrected chi connectivity index (χ0v) is 13.2. The van der Waals surface area contributed by atoms with Crippen molar-refractivity contribution in [2.45, 2.75) is 19.3 Å². The van der Waals surface area contributed by atoms with Crippen LogP contribution in [0.3, 0.4) is 0 Å². The second-order valence-electron chi connectivity index (χ2n) is 4.59. The van der Waals surface area contributed by atoms with Crippen LogP contribution in [0.1, 0.15) is 22.7 Å². The molecule has 0 radical (unpaired) electrons. The molecule has 0 N–H and O–H groups in total. The van der Waals surface area contributed by atoms with Crippen molar-refractivity contribution in [3.63, 3.8) is 0 Å². The van der Waals surface area contributed by atoms with Crippen LogP contribution in [0.25, 0.3) is 0 Å². The van der Waals surface area contributed by atoms with E-state index in [-0.39, 0.29) is 11.7 Å². The summed E-state index contributed by atoms with van der Waals surface area (Å²) in [5, 5.41) is 5.78. The van der Waals surface area contributed by atoms with E-state index in [1.54, 1.807) is 4.68 Å². The molecule has 5 heteroatoms. The first-order valence-corrected chi connectivity index (χ1v) is 7.52. The van der Waals surface area contributed by atoms with Crippen molar-refractivity contribution in [2.75, 3.05) is 5.33 Å². The summed E-state index contributed by atoms with van der Waals surface area (Å²) in [5.41, 5.74) is 3.09. The normalized spacial score (nSPS) is 12.7. The quantitative estimate of drug-likeness (QED) is 0.758. The van der Waals surface area contributed by atoms with Crippen LogP contribution in [-0.4, -0.2) is 15.1 Å². The van der Waals surface area contributed by atoms with Crippen molar-refractivity contribution >= 4 is 27.5 Å². The number of alkyl halides is 1. The van der Waals surface area contributed by atoms with Gasteiger partial charge in [-0.25, -0.2) is 4.39 Å². The van der Waals surface area contributed by atoms with Gasteiger partial charge in [-0.15, -0.1) is 0 Å². The van der Waals surface area contributed by atoms with Gasteiger partial charge in [-0.2, -0.15) is 5.10 Å². The average molecular weight is 346 g/mol. The molecule has 0 amide bonds. The van der Waals surface area contributed by atoms with E-state index >= 15 is 0 Å². The number of rotatable bonds is 4. The van der Waals surface area contributed by atoms with Gasteiger partial charge in [0.25, 0.3) is 0 Å². The van der Waals surface area contributed by atoms with Gasteiger partial charge in [-0.05, 0) is 37.0 Å². The maximum absolute atomic E-state index is 13.0. The van der Waals surface area contributed by atoms with Crippen LogP contribution >= 0.6 is 27.5 Å². The lowest BCUT2D eigenvalue weighted by atomic mass is 9.94. The van der Waals surface area contributed by atoms with Crippen LogP contribution in [0.15, 0.2) is 24.3 Å². The number of aromatic nitrogens is 2. The van der Waals surface area contributed by atoms with Crippen LogP contribution in [0.2, 0.25) is 5.15 Å². The summed E-state index contributed by atoms with van der Waals surface area (Å²) in [4.78, 5) is 0. The zero-order valence-electron chi connectivity index (χ0n) is 10.8. The van der Waals surface area contributed by atoms with Gasteiger partial charge >= 0.3 is 0 Å². The minimum absolute atomic E-state index is 0.215. The molecule has 2 aromatic rings. The summed E-state index contributed by atoms with van der Waals surface area (Å²) < 4.78 is 14.6. The van der Waals surface area contributed by atoms with Gasteiger partial charge in [0.2, 0.25) is 0 Å². The second kappa shape index (κ2) is 6.06. The molecule has 0 aliphatic heterocycles. The molecule has 0 aliphatic rings. The molecular weight excluding hydrogens is 331 g/mol. The summed E-state index contributed by atoms with van der Waals surface area (Å²) in [5.74, 6) is 0.0358. The van der Waals surface area contributed by atoms with Gasteiger partial charge in [0, 0.05) is 17.9 Å². The van der Waals surface area contributed by atoms with Gasteiger partial charge in [0.15, 0.2) is 0 Å². The van der Waals surface area contributed by atoms with Crippen LogP contribution < -0.4 is 0 Å². The van der Waals surface area contributed by atoms with E-state index in [4.69, 9.17) is 11.6 Å². The molecule has 0 saturated carbocycles. The predicted octanol–water partition coefficient (Wildman–Crippen LogP) is 4.24. The van der Waals surface area contributed by atoms with Crippen LogP contribution in [0, 0.1) is 12.7 Å². The van der Waals surface area contributed by atoms with Gasteiger partial charge < -0.3 is 0 Å². The third-order valence-corrected chi connectivity index (χ3v) is 4.50. The Morgan fingerprint density at radius 2 is 2.00 bits per heavy atom. The van der Waals surface area contributed by atoms with Crippen LogP contribution in [0.5, 0.6) is 0 Å². The van der Waals surface area contributed by atoms with E-state index in [1.807, 2.05) is 26.1 Å². The molecule has 0 aliphatic carbocycles. The minimum atomic E-state index is -0.215. The summed E-state index contributed by atoms with van der Waals surface area (Å²) in [6.45, 7) is 1.96. The highest BCUT2D eigenvalue weighted by Crippen LogP contribution is 2.28. The van der Waals surface area contributed by atoms with Gasteiger partial charge in [0.05, 0.1) is 5.69 Å². The lowest BCUT2D eigenvalue weighted by Crippen LogP contribution is -2.05. The van der Waals surface area contributed by atoms with E-state index in [9.17, 15) is 4.39 Å². The predicted molar refractivity (Wildman–Crippen MR) is 79.6 cm³/mol. The molecule has 1 aromatic heterocycles.